The van der Waals surface area contributed by atoms with E-state index in [0.717, 1.165) is 12.1 Å². The number of halogens is 3. The van der Waals surface area contributed by atoms with Gasteiger partial charge in [0.2, 0.25) is 5.91 Å². The molecule has 0 bridgehead atoms. The van der Waals surface area contributed by atoms with E-state index in [9.17, 15) is 18.0 Å². The molecule has 0 heterocycles. The van der Waals surface area contributed by atoms with Gasteiger partial charge in [-0.1, -0.05) is 26.0 Å². The van der Waals surface area contributed by atoms with Crippen LogP contribution >= 0.6 is 0 Å². The van der Waals surface area contributed by atoms with Crippen molar-refractivity contribution >= 4 is 5.91 Å². The molecule has 0 aliphatic rings. The van der Waals surface area contributed by atoms with Crippen molar-refractivity contribution < 1.29 is 18.0 Å². The Morgan fingerprint density at radius 3 is 2.16 bits per heavy atom. The molecule has 3 N–H and O–H groups in total. The molecule has 0 aliphatic heterocycles. The van der Waals surface area contributed by atoms with Gasteiger partial charge < -0.3 is 11.1 Å². The van der Waals surface area contributed by atoms with Gasteiger partial charge in [-0.2, -0.15) is 13.2 Å². The average Bonchev–Trinajstić information content (AvgIpc) is 2.27. The van der Waals surface area contributed by atoms with E-state index in [1.807, 2.05) is 13.8 Å². The summed E-state index contributed by atoms with van der Waals surface area (Å²) in [5, 5.41) is 3.05. The lowest BCUT2D eigenvalue weighted by atomic mass is 9.97. The number of hydrogen-bond donors (Lipinski definition) is 2. The van der Waals surface area contributed by atoms with Crippen molar-refractivity contribution in [2.45, 2.75) is 32.0 Å². The zero-order chi connectivity index (χ0) is 14.6. The SMILES string of the molecule is CC(C)NC[C@@H](C(N)=O)c1ccc(C(F)(F)F)cc1. The topological polar surface area (TPSA) is 55.1 Å². The molecule has 1 rings (SSSR count). The normalized spacial score (nSPS) is 13.6. The number of benzene rings is 1. The van der Waals surface area contributed by atoms with Gasteiger partial charge in [0.25, 0.3) is 0 Å². The Labute approximate surface area is 110 Å². The first-order chi connectivity index (χ1) is 8.71. The van der Waals surface area contributed by atoms with E-state index < -0.39 is 23.6 Å². The highest BCUT2D eigenvalue weighted by atomic mass is 19.4. The number of rotatable bonds is 5. The van der Waals surface area contributed by atoms with Gasteiger partial charge in [0, 0.05) is 12.6 Å². The first-order valence-corrected chi connectivity index (χ1v) is 5.91. The Morgan fingerprint density at radius 2 is 1.79 bits per heavy atom. The molecule has 0 fully saturated rings. The summed E-state index contributed by atoms with van der Waals surface area (Å²) in [6, 6.07) is 4.67. The number of amides is 1. The summed E-state index contributed by atoms with van der Waals surface area (Å²) < 4.78 is 37.3. The smallest absolute Gasteiger partial charge is 0.369 e. The number of carbonyl (C=O) groups is 1. The van der Waals surface area contributed by atoms with Crippen molar-refractivity contribution in [3.05, 3.63) is 35.4 Å². The van der Waals surface area contributed by atoms with Gasteiger partial charge in [-0.25, -0.2) is 0 Å². The van der Waals surface area contributed by atoms with Gasteiger partial charge in [-0.3, -0.25) is 4.79 Å². The van der Waals surface area contributed by atoms with Crippen LogP contribution < -0.4 is 11.1 Å². The highest BCUT2D eigenvalue weighted by Gasteiger charge is 2.30. The maximum Gasteiger partial charge on any atom is 0.416 e. The zero-order valence-corrected chi connectivity index (χ0v) is 10.8. The van der Waals surface area contributed by atoms with Gasteiger partial charge in [-0.15, -0.1) is 0 Å². The molecule has 0 saturated heterocycles. The summed E-state index contributed by atoms with van der Waals surface area (Å²) in [4.78, 5) is 11.4. The molecule has 0 spiro atoms. The third-order valence-corrected chi connectivity index (χ3v) is 2.71. The molecular weight excluding hydrogens is 257 g/mol. The predicted molar refractivity (Wildman–Crippen MR) is 66.5 cm³/mol. The van der Waals surface area contributed by atoms with E-state index in [2.05, 4.69) is 5.32 Å². The zero-order valence-electron chi connectivity index (χ0n) is 10.8. The third kappa shape index (κ3) is 4.55. The Morgan fingerprint density at radius 1 is 1.26 bits per heavy atom. The minimum absolute atomic E-state index is 0.163. The molecule has 1 aromatic rings. The lowest BCUT2D eigenvalue weighted by molar-refractivity contribution is -0.137. The van der Waals surface area contributed by atoms with Crippen molar-refractivity contribution in [2.24, 2.45) is 5.73 Å². The molecule has 0 aliphatic carbocycles. The van der Waals surface area contributed by atoms with Crippen LogP contribution in [0.25, 0.3) is 0 Å². The van der Waals surface area contributed by atoms with E-state index >= 15 is 0 Å². The van der Waals surface area contributed by atoms with Crippen LogP contribution in [0.15, 0.2) is 24.3 Å². The molecule has 0 unspecified atom stereocenters. The first kappa shape index (κ1) is 15.5. The van der Waals surface area contributed by atoms with Gasteiger partial charge >= 0.3 is 6.18 Å². The van der Waals surface area contributed by atoms with Crippen LogP contribution in [-0.2, 0) is 11.0 Å². The van der Waals surface area contributed by atoms with E-state index in [1.165, 1.54) is 12.1 Å². The van der Waals surface area contributed by atoms with Crippen LogP contribution in [0.1, 0.15) is 30.9 Å². The Balaban J connectivity index is 2.89. The van der Waals surface area contributed by atoms with Crippen LogP contribution in [0.5, 0.6) is 0 Å². The maximum absolute atomic E-state index is 12.4. The summed E-state index contributed by atoms with van der Waals surface area (Å²) >= 11 is 0. The van der Waals surface area contributed by atoms with Gasteiger partial charge in [0.15, 0.2) is 0 Å². The molecule has 6 heteroatoms. The van der Waals surface area contributed by atoms with Crippen molar-refractivity contribution in [2.75, 3.05) is 6.54 Å². The van der Waals surface area contributed by atoms with Crippen LogP contribution in [0.4, 0.5) is 13.2 Å². The van der Waals surface area contributed by atoms with Crippen LogP contribution in [-0.4, -0.2) is 18.5 Å². The molecule has 106 valence electrons. The lowest BCUT2D eigenvalue weighted by Gasteiger charge is -2.17. The van der Waals surface area contributed by atoms with Crippen molar-refractivity contribution in [1.29, 1.82) is 0 Å². The fourth-order valence-corrected chi connectivity index (χ4v) is 1.64. The maximum atomic E-state index is 12.4. The van der Waals surface area contributed by atoms with Gasteiger partial charge in [0.1, 0.15) is 0 Å². The molecule has 0 radical (unpaired) electrons. The number of nitrogens with two attached hydrogens (primary N) is 1. The predicted octanol–water partition coefficient (Wildman–Crippen LogP) is 2.27. The molecule has 1 atom stereocenters. The van der Waals surface area contributed by atoms with Crippen LogP contribution in [0.2, 0.25) is 0 Å². The largest absolute Gasteiger partial charge is 0.416 e. The number of hydrogen-bond acceptors (Lipinski definition) is 2. The Bertz CT molecular complexity index is 427. The molecule has 1 aromatic carbocycles. The number of nitrogens with one attached hydrogen (secondary N) is 1. The monoisotopic (exact) mass is 274 g/mol. The second-order valence-electron chi connectivity index (χ2n) is 4.64. The van der Waals surface area contributed by atoms with E-state index in [-0.39, 0.29) is 6.04 Å². The quantitative estimate of drug-likeness (QED) is 0.865. The van der Waals surface area contributed by atoms with Gasteiger partial charge in [0.05, 0.1) is 11.5 Å². The van der Waals surface area contributed by atoms with Crippen molar-refractivity contribution in [3.8, 4) is 0 Å². The van der Waals surface area contributed by atoms with Crippen LogP contribution in [0.3, 0.4) is 0 Å². The minimum Gasteiger partial charge on any atom is -0.369 e. The minimum atomic E-state index is -4.38. The first-order valence-electron chi connectivity index (χ1n) is 5.91. The lowest BCUT2D eigenvalue weighted by Crippen LogP contribution is -2.34. The highest BCUT2D eigenvalue weighted by Crippen LogP contribution is 2.30. The fourth-order valence-electron chi connectivity index (χ4n) is 1.64. The van der Waals surface area contributed by atoms with Crippen molar-refractivity contribution in [3.63, 3.8) is 0 Å². The Hall–Kier alpha value is -1.56. The van der Waals surface area contributed by atoms with Crippen LogP contribution in [0, 0.1) is 0 Å². The number of primary amides is 1. The third-order valence-electron chi connectivity index (χ3n) is 2.71. The molecule has 1 amide bonds. The molecule has 19 heavy (non-hydrogen) atoms. The summed E-state index contributed by atoms with van der Waals surface area (Å²) in [7, 11) is 0. The summed E-state index contributed by atoms with van der Waals surface area (Å²) in [6.07, 6.45) is -4.38. The van der Waals surface area contributed by atoms with E-state index in [1.54, 1.807) is 0 Å². The average molecular weight is 274 g/mol. The second kappa shape index (κ2) is 6.06. The van der Waals surface area contributed by atoms with E-state index in [4.69, 9.17) is 5.73 Å². The number of carbonyl (C=O) groups excluding carboxylic acids is 1. The molecule has 0 aromatic heterocycles. The van der Waals surface area contributed by atoms with E-state index in [0.29, 0.717) is 12.1 Å². The van der Waals surface area contributed by atoms with Gasteiger partial charge in [-0.05, 0) is 17.7 Å². The second-order valence-corrected chi connectivity index (χ2v) is 4.64. The summed E-state index contributed by atoms with van der Waals surface area (Å²) in [5.74, 6) is -1.20. The standard InChI is InChI=1S/C13H17F3N2O/c1-8(2)18-7-11(12(17)19)9-3-5-10(6-4-9)13(14,15)16/h3-6,8,11,18H,7H2,1-2H3,(H2,17,19)/t11-/m1/s1. The summed E-state index contributed by atoms with van der Waals surface area (Å²) in [6.45, 7) is 4.12. The summed E-state index contributed by atoms with van der Waals surface area (Å²) in [5.41, 5.74) is 5.02. The molecular formula is C13H17F3N2O. The number of alkyl halides is 3. The van der Waals surface area contributed by atoms with Crippen molar-refractivity contribution in [1.82, 2.24) is 5.32 Å². The molecule has 3 nitrogen and oxygen atoms in total. The highest BCUT2D eigenvalue weighted by molar-refractivity contribution is 5.82. The molecule has 0 saturated carbocycles. The Kier molecular flexibility index (Phi) is 4.94. The fraction of sp³-hybridized carbons (Fsp3) is 0.462.